The van der Waals surface area contributed by atoms with Crippen LogP contribution in [-0.4, -0.2) is 51.4 Å². The van der Waals surface area contributed by atoms with Crippen molar-refractivity contribution in [1.82, 2.24) is 14.9 Å². The van der Waals surface area contributed by atoms with Crippen molar-refractivity contribution in [2.45, 2.75) is 10.3 Å². The molecule has 1 fully saturated rings. The molecule has 18 heavy (non-hydrogen) atoms. The zero-order valence-electron chi connectivity index (χ0n) is 9.92. The quantitative estimate of drug-likeness (QED) is 0.783. The van der Waals surface area contributed by atoms with Crippen LogP contribution in [0.1, 0.15) is 0 Å². The molecular formula is C10H15N3O3S2. The van der Waals surface area contributed by atoms with Crippen molar-refractivity contribution in [1.29, 1.82) is 0 Å². The van der Waals surface area contributed by atoms with Gasteiger partial charge in [0.1, 0.15) is 10.3 Å². The first-order chi connectivity index (χ1) is 8.57. The molecule has 0 aliphatic carbocycles. The van der Waals surface area contributed by atoms with Gasteiger partial charge in [0.05, 0.1) is 0 Å². The van der Waals surface area contributed by atoms with Crippen LogP contribution in [0.3, 0.4) is 0 Å². The van der Waals surface area contributed by atoms with Gasteiger partial charge in [0, 0.05) is 26.7 Å². The van der Waals surface area contributed by atoms with E-state index < -0.39 is 16.1 Å². The number of carbonyl (C=O) groups is 1. The van der Waals surface area contributed by atoms with Crippen LogP contribution in [0.25, 0.3) is 0 Å². The van der Waals surface area contributed by atoms with Gasteiger partial charge in [-0.15, -0.1) is 11.3 Å². The van der Waals surface area contributed by atoms with E-state index in [1.54, 1.807) is 17.5 Å². The number of nitrogens with zero attached hydrogens (tertiary/aromatic N) is 1. The minimum Gasteiger partial charge on any atom is -0.358 e. The summed E-state index contributed by atoms with van der Waals surface area (Å²) in [6, 6.07) is 2.56. The molecule has 1 aliphatic rings. The van der Waals surface area contributed by atoms with Crippen molar-refractivity contribution < 1.29 is 13.2 Å². The lowest BCUT2D eigenvalue weighted by molar-refractivity contribution is -0.124. The molecule has 1 atom stereocenters. The van der Waals surface area contributed by atoms with Crippen molar-refractivity contribution in [2.75, 3.05) is 26.7 Å². The van der Waals surface area contributed by atoms with Crippen molar-refractivity contribution in [3.05, 3.63) is 17.5 Å². The predicted octanol–water partition coefficient (Wildman–Crippen LogP) is -0.543. The van der Waals surface area contributed by atoms with Crippen molar-refractivity contribution in [2.24, 2.45) is 0 Å². The van der Waals surface area contributed by atoms with E-state index in [0.29, 0.717) is 19.6 Å². The lowest BCUT2D eigenvalue weighted by atomic mass is 10.2. The van der Waals surface area contributed by atoms with Crippen LogP contribution in [0.4, 0.5) is 0 Å². The van der Waals surface area contributed by atoms with Crippen LogP contribution in [0, 0.1) is 0 Å². The van der Waals surface area contributed by atoms with Gasteiger partial charge in [-0.25, -0.2) is 8.42 Å². The van der Waals surface area contributed by atoms with Gasteiger partial charge in [-0.3, -0.25) is 4.79 Å². The van der Waals surface area contributed by atoms with E-state index in [1.165, 1.54) is 11.4 Å². The molecule has 1 saturated heterocycles. The second-order valence-corrected chi connectivity index (χ2v) is 6.95. The Labute approximate surface area is 110 Å². The Hall–Kier alpha value is -0.960. The van der Waals surface area contributed by atoms with E-state index in [1.807, 2.05) is 0 Å². The molecule has 100 valence electrons. The molecule has 0 radical (unpaired) electrons. The molecule has 1 unspecified atom stereocenters. The molecule has 0 aromatic carbocycles. The van der Waals surface area contributed by atoms with Gasteiger partial charge in [-0.05, 0) is 11.4 Å². The van der Waals surface area contributed by atoms with Crippen LogP contribution < -0.4 is 10.6 Å². The second kappa shape index (κ2) is 5.35. The lowest BCUT2D eigenvalue weighted by Gasteiger charge is -2.33. The molecule has 1 amide bonds. The smallest absolute Gasteiger partial charge is 0.253 e. The summed E-state index contributed by atoms with van der Waals surface area (Å²) in [6.07, 6.45) is 0. The number of rotatable bonds is 3. The van der Waals surface area contributed by atoms with Crippen LogP contribution >= 0.6 is 11.3 Å². The minimum atomic E-state index is -3.57. The summed E-state index contributed by atoms with van der Waals surface area (Å²) in [5.74, 6) is -0.290. The summed E-state index contributed by atoms with van der Waals surface area (Å²) in [5, 5.41) is 7.25. The van der Waals surface area contributed by atoms with Gasteiger partial charge in [0.2, 0.25) is 5.91 Å². The number of likely N-dealkylation sites (N-methyl/N-ethyl adjacent to an activating group) is 1. The van der Waals surface area contributed by atoms with Gasteiger partial charge in [-0.1, -0.05) is 6.07 Å². The van der Waals surface area contributed by atoms with Crippen LogP contribution in [0.5, 0.6) is 0 Å². The number of thiophene rings is 1. The number of carbonyl (C=O) groups excluding carboxylic acids is 1. The Morgan fingerprint density at radius 2 is 2.39 bits per heavy atom. The molecular weight excluding hydrogens is 274 g/mol. The number of hydrogen-bond acceptors (Lipinski definition) is 5. The molecule has 2 rings (SSSR count). The Balaban J connectivity index is 2.32. The zero-order chi connectivity index (χ0) is 13.2. The Morgan fingerprint density at radius 3 is 3.00 bits per heavy atom. The number of hydrogen-bond donors (Lipinski definition) is 2. The normalized spacial score (nSPS) is 21.7. The largest absolute Gasteiger partial charge is 0.358 e. The van der Waals surface area contributed by atoms with Gasteiger partial charge in [0.25, 0.3) is 10.0 Å². The molecule has 2 N–H and O–H groups in total. The van der Waals surface area contributed by atoms with Gasteiger partial charge in [-0.2, -0.15) is 4.31 Å². The highest BCUT2D eigenvalue weighted by atomic mass is 32.2. The molecule has 6 nitrogen and oxygen atoms in total. The highest BCUT2D eigenvalue weighted by Crippen LogP contribution is 2.23. The summed E-state index contributed by atoms with van der Waals surface area (Å²) in [6.45, 7) is 1.20. The molecule has 0 saturated carbocycles. The standard InChI is InChI=1S/C10H15N3O3S2/c1-11-10(14)8-7-12-4-5-13(8)18(15,16)9-3-2-6-17-9/h2-3,6,8,12H,4-5,7H2,1H3,(H,11,14). The van der Waals surface area contributed by atoms with Gasteiger partial charge >= 0.3 is 0 Å². The average Bonchev–Trinajstić information content (AvgIpc) is 2.92. The van der Waals surface area contributed by atoms with E-state index in [2.05, 4.69) is 10.6 Å². The first-order valence-electron chi connectivity index (χ1n) is 5.55. The van der Waals surface area contributed by atoms with Crippen LogP contribution in [0.2, 0.25) is 0 Å². The van der Waals surface area contributed by atoms with Gasteiger partial charge < -0.3 is 10.6 Å². The first-order valence-corrected chi connectivity index (χ1v) is 7.87. The van der Waals surface area contributed by atoms with Crippen molar-refractivity contribution in [3.63, 3.8) is 0 Å². The molecule has 8 heteroatoms. The highest BCUT2D eigenvalue weighted by Gasteiger charge is 2.37. The maximum atomic E-state index is 12.4. The number of amides is 1. The summed E-state index contributed by atoms with van der Waals surface area (Å²) in [4.78, 5) is 11.7. The number of piperazine rings is 1. The van der Waals surface area contributed by atoms with E-state index in [4.69, 9.17) is 0 Å². The molecule has 0 bridgehead atoms. The Bertz CT molecular complexity index is 512. The van der Waals surface area contributed by atoms with Crippen molar-refractivity contribution >= 4 is 27.3 Å². The fourth-order valence-electron chi connectivity index (χ4n) is 1.89. The van der Waals surface area contributed by atoms with Crippen molar-refractivity contribution in [3.8, 4) is 0 Å². The predicted molar refractivity (Wildman–Crippen MR) is 68.9 cm³/mol. The Morgan fingerprint density at radius 1 is 1.61 bits per heavy atom. The summed E-state index contributed by atoms with van der Waals surface area (Å²) in [7, 11) is -2.07. The SMILES string of the molecule is CNC(=O)C1CNCCN1S(=O)(=O)c1cccs1. The molecule has 2 heterocycles. The highest BCUT2D eigenvalue weighted by molar-refractivity contribution is 7.91. The first kappa shape index (κ1) is 13.5. The average molecular weight is 289 g/mol. The van der Waals surface area contributed by atoms with Gasteiger partial charge in [0.15, 0.2) is 0 Å². The second-order valence-electron chi connectivity index (χ2n) is 3.88. The fourth-order valence-corrected chi connectivity index (χ4v) is 4.60. The summed E-state index contributed by atoms with van der Waals surface area (Å²) >= 11 is 1.16. The molecule has 1 aromatic rings. The number of nitrogens with one attached hydrogen (secondary N) is 2. The molecule has 1 aliphatic heterocycles. The third-order valence-electron chi connectivity index (χ3n) is 2.80. The van der Waals surface area contributed by atoms with E-state index in [9.17, 15) is 13.2 Å². The van der Waals surface area contributed by atoms with Crippen LogP contribution in [0.15, 0.2) is 21.7 Å². The topological polar surface area (TPSA) is 78.5 Å². The fraction of sp³-hybridized carbons (Fsp3) is 0.500. The van der Waals surface area contributed by atoms with E-state index in [-0.39, 0.29) is 10.1 Å². The van der Waals surface area contributed by atoms with E-state index >= 15 is 0 Å². The third-order valence-corrected chi connectivity index (χ3v) is 6.08. The maximum absolute atomic E-state index is 12.4. The maximum Gasteiger partial charge on any atom is 0.253 e. The summed E-state index contributed by atoms with van der Waals surface area (Å²) < 4.78 is 26.4. The monoisotopic (exact) mass is 289 g/mol. The van der Waals surface area contributed by atoms with E-state index in [0.717, 1.165) is 11.3 Å². The lowest BCUT2D eigenvalue weighted by Crippen LogP contribution is -2.58. The Kier molecular flexibility index (Phi) is 4.00. The molecule has 0 spiro atoms. The zero-order valence-corrected chi connectivity index (χ0v) is 11.6. The third kappa shape index (κ3) is 2.41. The number of sulfonamides is 1. The summed E-state index contributed by atoms with van der Waals surface area (Å²) in [5.41, 5.74) is 0. The molecule has 1 aromatic heterocycles. The minimum absolute atomic E-state index is 0.276. The van der Waals surface area contributed by atoms with Crippen LogP contribution in [-0.2, 0) is 14.8 Å².